The molecule has 1 aromatic carbocycles. The fraction of sp³-hybridized carbons (Fsp3) is 0.308. The van der Waals surface area contributed by atoms with Gasteiger partial charge in [0.1, 0.15) is 5.75 Å². The highest BCUT2D eigenvalue weighted by Crippen LogP contribution is 2.21. The summed E-state index contributed by atoms with van der Waals surface area (Å²) in [5, 5.41) is 19.2. The van der Waals surface area contributed by atoms with Crippen molar-refractivity contribution in [3.63, 3.8) is 0 Å². The lowest BCUT2D eigenvalue weighted by Gasteiger charge is -2.12. The van der Waals surface area contributed by atoms with Crippen LogP contribution in [0.4, 0.5) is 0 Å². The van der Waals surface area contributed by atoms with Crippen LogP contribution in [0.2, 0.25) is 0 Å². The van der Waals surface area contributed by atoms with Crippen molar-refractivity contribution < 1.29 is 15.0 Å². The lowest BCUT2D eigenvalue weighted by Crippen LogP contribution is -2.11. The number of carbonyl (C=O) groups is 1. The lowest BCUT2D eigenvalue weighted by molar-refractivity contribution is 0.101. The smallest absolute Gasteiger partial charge is 0.159 e. The maximum atomic E-state index is 11.2. The zero-order chi connectivity index (χ0) is 12.3. The van der Waals surface area contributed by atoms with Crippen LogP contribution in [-0.4, -0.2) is 22.1 Å². The lowest BCUT2D eigenvalue weighted by atomic mass is 9.99. The molecule has 0 aliphatic carbocycles. The Morgan fingerprint density at radius 3 is 2.56 bits per heavy atom. The Bertz CT molecular complexity index is 421. The SMILES string of the molecule is C=C(C)[C@H](O)Cc1cc(C(C)=O)ccc1O. The zero-order valence-electron chi connectivity index (χ0n) is 9.53. The number of phenols is 1. The minimum atomic E-state index is -0.701. The Kier molecular flexibility index (Phi) is 3.85. The minimum Gasteiger partial charge on any atom is -0.508 e. The topological polar surface area (TPSA) is 57.5 Å². The third kappa shape index (κ3) is 2.94. The second kappa shape index (κ2) is 4.94. The summed E-state index contributed by atoms with van der Waals surface area (Å²) < 4.78 is 0. The van der Waals surface area contributed by atoms with Crippen molar-refractivity contribution in [2.75, 3.05) is 0 Å². The van der Waals surface area contributed by atoms with E-state index in [0.717, 1.165) is 0 Å². The number of benzene rings is 1. The minimum absolute atomic E-state index is 0.0638. The summed E-state index contributed by atoms with van der Waals surface area (Å²) >= 11 is 0. The van der Waals surface area contributed by atoms with Crippen molar-refractivity contribution in [3.05, 3.63) is 41.5 Å². The average Bonchev–Trinajstić information content (AvgIpc) is 2.20. The van der Waals surface area contributed by atoms with Crippen molar-refractivity contribution in [2.24, 2.45) is 0 Å². The number of rotatable bonds is 4. The number of Topliss-reactive ketones (excluding diaryl/α,β-unsaturated/α-hetero) is 1. The van der Waals surface area contributed by atoms with Gasteiger partial charge in [0.15, 0.2) is 5.78 Å². The van der Waals surface area contributed by atoms with Gasteiger partial charge in [-0.25, -0.2) is 0 Å². The van der Waals surface area contributed by atoms with Crippen LogP contribution in [0.3, 0.4) is 0 Å². The van der Waals surface area contributed by atoms with E-state index in [1.54, 1.807) is 19.1 Å². The molecule has 1 rings (SSSR count). The summed E-state index contributed by atoms with van der Waals surface area (Å²) in [6.45, 7) is 6.82. The molecule has 0 saturated carbocycles. The van der Waals surface area contributed by atoms with Crippen LogP contribution in [0.25, 0.3) is 0 Å². The van der Waals surface area contributed by atoms with Crippen LogP contribution in [0.5, 0.6) is 5.75 Å². The molecule has 0 heterocycles. The summed E-state index contributed by atoms with van der Waals surface area (Å²) in [5.74, 6) is 0.0244. The zero-order valence-corrected chi connectivity index (χ0v) is 9.53. The first-order valence-corrected chi connectivity index (χ1v) is 5.08. The van der Waals surface area contributed by atoms with Crippen LogP contribution in [0.1, 0.15) is 29.8 Å². The predicted octanol–water partition coefficient (Wildman–Crippen LogP) is 2.07. The fourth-order valence-corrected chi connectivity index (χ4v) is 1.35. The van der Waals surface area contributed by atoms with Crippen LogP contribution < -0.4 is 0 Å². The number of hydrogen-bond acceptors (Lipinski definition) is 3. The number of carbonyl (C=O) groups excluding carboxylic acids is 1. The fourth-order valence-electron chi connectivity index (χ4n) is 1.35. The van der Waals surface area contributed by atoms with Gasteiger partial charge < -0.3 is 10.2 Å². The van der Waals surface area contributed by atoms with Gasteiger partial charge in [0.25, 0.3) is 0 Å². The van der Waals surface area contributed by atoms with Crippen molar-refractivity contribution in [1.29, 1.82) is 0 Å². The third-order valence-corrected chi connectivity index (χ3v) is 2.47. The highest BCUT2D eigenvalue weighted by molar-refractivity contribution is 5.94. The maximum Gasteiger partial charge on any atom is 0.159 e. The van der Waals surface area contributed by atoms with Crippen LogP contribution in [0, 0.1) is 0 Å². The molecular weight excluding hydrogens is 204 g/mol. The molecule has 1 atom stereocenters. The predicted molar refractivity (Wildman–Crippen MR) is 62.6 cm³/mol. The van der Waals surface area contributed by atoms with Gasteiger partial charge in [0.2, 0.25) is 0 Å². The first kappa shape index (κ1) is 12.5. The van der Waals surface area contributed by atoms with Gasteiger partial charge in [-0.1, -0.05) is 12.2 Å². The number of ketones is 1. The normalized spacial score (nSPS) is 12.2. The number of hydrogen-bond donors (Lipinski definition) is 2. The number of aliphatic hydroxyl groups is 1. The Morgan fingerprint density at radius 1 is 1.44 bits per heavy atom. The van der Waals surface area contributed by atoms with Gasteiger partial charge >= 0.3 is 0 Å². The molecule has 0 aliphatic rings. The van der Waals surface area contributed by atoms with Crippen molar-refractivity contribution in [2.45, 2.75) is 26.4 Å². The van der Waals surface area contributed by atoms with Crippen LogP contribution in [-0.2, 0) is 6.42 Å². The average molecular weight is 220 g/mol. The van der Waals surface area contributed by atoms with E-state index < -0.39 is 6.10 Å². The van der Waals surface area contributed by atoms with Crippen LogP contribution in [0.15, 0.2) is 30.4 Å². The second-order valence-electron chi connectivity index (χ2n) is 3.97. The molecule has 0 unspecified atom stereocenters. The first-order chi connectivity index (χ1) is 7.41. The van der Waals surface area contributed by atoms with E-state index in [0.29, 0.717) is 16.7 Å². The molecule has 0 saturated heterocycles. The Hall–Kier alpha value is -1.61. The molecule has 2 N–H and O–H groups in total. The van der Waals surface area contributed by atoms with Gasteiger partial charge in [-0.2, -0.15) is 0 Å². The third-order valence-electron chi connectivity index (χ3n) is 2.47. The monoisotopic (exact) mass is 220 g/mol. The Balaban J connectivity index is 2.98. The largest absolute Gasteiger partial charge is 0.508 e. The van der Waals surface area contributed by atoms with E-state index in [-0.39, 0.29) is 18.0 Å². The Labute approximate surface area is 95.0 Å². The summed E-state index contributed by atoms with van der Waals surface area (Å²) in [5.41, 5.74) is 1.72. The van der Waals surface area contributed by atoms with E-state index in [1.807, 2.05) is 0 Å². The highest BCUT2D eigenvalue weighted by Gasteiger charge is 2.11. The van der Waals surface area contributed by atoms with E-state index in [1.165, 1.54) is 13.0 Å². The molecule has 0 bridgehead atoms. The van der Waals surface area contributed by atoms with E-state index in [2.05, 4.69) is 6.58 Å². The molecule has 0 spiro atoms. The van der Waals surface area contributed by atoms with Crippen molar-refractivity contribution in [3.8, 4) is 5.75 Å². The van der Waals surface area contributed by atoms with Crippen LogP contribution >= 0.6 is 0 Å². The summed E-state index contributed by atoms with van der Waals surface area (Å²) in [6, 6.07) is 4.63. The number of aliphatic hydroxyl groups excluding tert-OH is 1. The summed E-state index contributed by atoms with van der Waals surface area (Å²) in [7, 11) is 0. The van der Waals surface area contributed by atoms with Gasteiger partial charge in [-0.3, -0.25) is 4.79 Å². The van der Waals surface area contributed by atoms with Crippen molar-refractivity contribution >= 4 is 5.78 Å². The second-order valence-corrected chi connectivity index (χ2v) is 3.97. The Morgan fingerprint density at radius 2 is 2.06 bits per heavy atom. The van der Waals surface area contributed by atoms with Gasteiger partial charge in [0.05, 0.1) is 6.10 Å². The molecule has 86 valence electrons. The number of aromatic hydroxyl groups is 1. The van der Waals surface area contributed by atoms with Gasteiger partial charge in [-0.15, -0.1) is 0 Å². The molecule has 3 nitrogen and oxygen atoms in total. The standard InChI is InChI=1S/C13H16O3/c1-8(2)13(16)7-11-6-10(9(3)14)4-5-12(11)15/h4-6,13,15-16H,1,7H2,2-3H3/t13-/m1/s1. The van der Waals surface area contributed by atoms with E-state index >= 15 is 0 Å². The molecule has 0 radical (unpaired) electrons. The van der Waals surface area contributed by atoms with Gasteiger partial charge in [-0.05, 0) is 37.6 Å². The van der Waals surface area contributed by atoms with E-state index in [4.69, 9.17) is 0 Å². The molecular formula is C13H16O3. The number of phenolic OH excluding ortho intramolecular Hbond substituents is 1. The molecule has 3 heteroatoms. The first-order valence-electron chi connectivity index (χ1n) is 5.08. The molecule has 1 aromatic rings. The maximum absolute atomic E-state index is 11.2. The summed E-state index contributed by atoms with van der Waals surface area (Å²) in [4.78, 5) is 11.2. The molecule has 0 aromatic heterocycles. The molecule has 0 fully saturated rings. The molecule has 0 aliphatic heterocycles. The summed E-state index contributed by atoms with van der Waals surface area (Å²) in [6.07, 6.45) is -0.435. The van der Waals surface area contributed by atoms with Gasteiger partial charge in [0, 0.05) is 12.0 Å². The van der Waals surface area contributed by atoms with E-state index in [9.17, 15) is 15.0 Å². The molecule has 16 heavy (non-hydrogen) atoms. The molecule has 0 amide bonds. The highest BCUT2D eigenvalue weighted by atomic mass is 16.3. The quantitative estimate of drug-likeness (QED) is 0.603. The van der Waals surface area contributed by atoms with Crippen molar-refractivity contribution in [1.82, 2.24) is 0 Å².